The molecule has 0 radical (unpaired) electrons. The Kier molecular flexibility index (Phi) is 4.59. The minimum absolute atomic E-state index is 0.272. The number of hydrogen-bond acceptors (Lipinski definition) is 5. The van der Waals surface area contributed by atoms with Crippen molar-refractivity contribution < 1.29 is 18.7 Å². The molecule has 0 saturated carbocycles. The number of carbonyl (C=O) groups excluding carboxylic acids is 2. The van der Waals surface area contributed by atoms with Crippen molar-refractivity contribution in [1.29, 1.82) is 0 Å². The van der Waals surface area contributed by atoms with Crippen LogP contribution in [0.25, 0.3) is 33.3 Å². The molecule has 0 atom stereocenters. The topological polar surface area (TPSA) is 85.2 Å². The van der Waals surface area contributed by atoms with Gasteiger partial charge in [0.25, 0.3) is 0 Å². The lowest BCUT2D eigenvalue weighted by Gasteiger charge is -2.09. The van der Waals surface area contributed by atoms with Crippen LogP contribution in [0.2, 0.25) is 0 Å². The van der Waals surface area contributed by atoms with E-state index in [1.54, 1.807) is 18.3 Å². The SMILES string of the molecule is Cc1ccc(-c2cc(C(=O)OCC(=O)c3c[nH]c4ccccc34)c3ccccc3n2)o1. The molecule has 5 rings (SSSR count). The van der Waals surface area contributed by atoms with Crippen molar-refractivity contribution in [2.24, 2.45) is 0 Å². The third kappa shape index (κ3) is 3.48. The van der Waals surface area contributed by atoms with E-state index in [2.05, 4.69) is 9.97 Å². The van der Waals surface area contributed by atoms with Crippen LogP contribution in [-0.4, -0.2) is 28.3 Å². The van der Waals surface area contributed by atoms with E-state index in [1.165, 1.54) is 0 Å². The first-order chi connectivity index (χ1) is 15.1. The molecule has 3 aromatic heterocycles. The fourth-order valence-corrected chi connectivity index (χ4v) is 3.63. The number of Topliss-reactive ketones (excluding diaryl/α,β-unsaturated/α-hetero) is 1. The summed E-state index contributed by atoms with van der Waals surface area (Å²) in [7, 11) is 0. The molecule has 1 N–H and O–H groups in total. The number of furan rings is 1. The van der Waals surface area contributed by atoms with Gasteiger partial charge in [-0.25, -0.2) is 9.78 Å². The number of hydrogen-bond donors (Lipinski definition) is 1. The van der Waals surface area contributed by atoms with Gasteiger partial charge in [0.1, 0.15) is 11.5 Å². The molecule has 0 unspecified atom stereocenters. The van der Waals surface area contributed by atoms with Crippen LogP contribution in [0.3, 0.4) is 0 Å². The number of fused-ring (bicyclic) bond motifs is 2. The average molecular weight is 410 g/mol. The highest BCUT2D eigenvalue weighted by Crippen LogP contribution is 2.27. The van der Waals surface area contributed by atoms with Crippen LogP contribution < -0.4 is 0 Å². The van der Waals surface area contributed by atoms with E-state index < -0.39 is 5.97 Å². The number of pyridine rings is 1. The minimum atomic E-state index is -0.587. The maximum absolute atomic E-state index is 12.9. The summed E-state index contributed by atoms with van der Waals surface area (Å²) in [5, 5.41) is 1.45. The summed E-state index contributed by atoms with van der Waals surface area (Å²) in [6, 6.07) is 20.1. The zero-order valence-electron chi connectivity index (χ0n) is 16.7. The number of ketones is 1. The molecule has 0 spiro atoms. The second-order valence-corrected chi connectivity index (χ2v) is 7.23. The molecule has 5 aromatic rings. The van der Waals surface area contributed by atoms with Crippen molar-refractivity contribution in [3.8, 4) is 11.5 Å². The first-order valence-electron chi connectivity index (χ1n) is 9.83. The lowest BCUT2D eigenvalue weighted by Crippen LogP contribution is -2.14. The third-order valence-corrected chi connectivity index (χ3v) is 5.15. The standard InChI is InChI=1S/C25H18N2O4/c1-15-10-11-24(31-15)22-12-18(16-6-3-5-9-21(16)27-22)25(29)30-14-23(28)19-13-26-20-8-4-2-7-17(19)20/h2-13,26H,14H2,1H3. The number of benzene rings is 2. The van der Waals surface area contributed by atoms with Gasteiger partial charge >= 0.3 is 5.97 Å². The lowest BCUT2D eigenvalue weighted by molar-refractivity contribution is 0.0477. The van der Waals surface area contributed by atoms with Gasteiger partial charge < -0.3 is 14.1 Å². The van der Waals surface area contributed by atoms with Crippen LogP contribution in [0.15, 0.2) is 77.3 Å². The smallest absolute Gasteiger partial charge is 0.339 e. The normalized spacial score (nSPS) is 11.1. The molecule has 0 aliphatic carbocycles. The summed E-state index contributed by atoms with van der Waals surface area (Å²) < 4.78 is 11.1. The van der Waals surface area contributed by atoms with Crippen LogP contribution in [0.1, 0.15) is 26.5 Å². The second kappa shape index (κ2) is 7.57. The lowest BCUT2D eigenvalue weighted by atomic mass is 10.1. The number of aromatic nitrogens is 2. The summed E-state index contributed by atoms with van der Waals surface area (Å²) in [6.45, 7) is 1.49. The number of carbonyl (C=O) groups is 2. The van der Waals surface area contributed by atoms with Crippen molar-refractivity contribution >= 4 is 33.6 Å². The molecular formula is C25H18N2O4. The van der Waals surface area contributed by atoms with Crippen LogP contribution in [0.4, 0.5) is 0 Å². The molecular weight excluding hydrogens is 392 g/mol. The summed E-state index contributed by atoms with van der Waals surface area (Å²) >= 11 is 0. The van der Waals surface area contributed by atoms with Gasteiger partial charge in [-0.15, -0.1) is 0 Å². The number of ether oxygens (including phenoxy) is 1. The molecule has 0 saturated heterocycles. The Bertz CT molecular complexity index is 1440. The van der Waals surface area contributed by atoms with Gasteiger partial charge in [-0.2, -0.15) is 0 Å². The summed E-state index contributed by atoms with van der Waals surface area (Å²) in [6.07, 6.45) is 1.64. The Morgan fingerprint density at radius 3 is 2.55 bits per heavy atom. The van der Waals surface area contributed by atoms with Crippen molar-refractivity contribution in [2.75, 3.05) is 6.61 Å². The zero-order chi connectivity index (χ0) is 21.4. The zero-order valence-corrected chi connectivity index (χ0v) is 16.7. The Morgan fingerprint density at radius 1 is 0.968 bits per heavy atom. The van der Waals surface area contributed by atoms with Crippen molar-refractivity contribution in [1.82, 2.24) is 9.97 Å². The number of H-pyrrole nitrogens is 1. The van der Waals surface area contributed by atoms with Crippen molar-refractivity contribution in [2.45, 2.75) is 6.92 Å². The van der Waals surface area contributed by atoms with Crippen LogP contribution in [0, 0.1) is 6.92 Å². The number of para-hydroxylation sites is 2. The van der Waals surface area contributed by atoms with E-state index in [1.807, 2.05) is 61.5 Å². The van der Waals surface area contributed by atoms with Gasteiger partial charge in [0.05, 0.1) is 11.1 Å². The first kappa shape index (κ1) is 18.8. The van der Waals surface area contributed by atoms with E-state index in [0.29, 0.717) is 33.5 Å². The van der Waals surface area contributed by atoms with E-state index in [0.717, 1.165) is 16.7 Å². The highest BCUT2D eigenvalue weighted by molar-refractivity contribution is 6.10. The van der Waals surface area contributed by atoms with Gasteiger partial charge in [0, 0.05) is 28.0 Å². The highest BCUT2D eigenvalue weighted by Gasteiger charge is 2.19. The fraction of sp³-hybridized carbons (Fsp3) is 0.0800. The highest BCUT2D eigenvalue weighted by atomic mass is 16.5. The molecule has 31 heavy (non-hydrogen) atoms. The monoisotopic (exact) mass is 410 g/mol. The third-order valence-electron chi connectivity index (χ3n) is 5.15. The number of aromatic amines is 1. The molecule has 2 aromatic carbocycles. The molecule has 6 heteroatoms. The van der Waals surface area contributed by atoms with Crippen molar-refractivity contribution in [3.05, 3.63) is 89.8 Å². The Labute approximate surface area is 177 Å². The maximum atomic E-state index is 12.9. The van der Waals surface area contributed by atoms with Gasteiger partial charge in [-0.3, -0.25) is 4.79 Å². The molecule has 0 fully saturated rings. The maximum Gasteiger partial charge on any atom is 0.339 e. The molecule has 0 bridgehead atoms. The van der Waals surface area contributed by atoms with E-state index in [4.69, 9.17) is 9.15 Å². The Balaban J connectivity index is 1.44. The van der Waals surface area contributed by atoms with Gasteiger partial charge in [-0.05, 0) is 37.3 Å². The number of aryl methyl sites for hydroxylation is 1. The molecule has 0 aliphatic heterocycles. The fourth-order valence-electron chi connectivity index (χ4n) is 3.63. The number of nitrogens with one attached hydrogen (secondary N) is 1. The van der Waals surface area contributed by atoms with Gasteiger partial charge in [0.15, 0.2) is 12.4 Å². The minimum Gasteiger partial charge on any atom is -0.460 e. The van der Waals surface area contributed by atoms with E-state index in [9.17, 15) is 9.59 Å². The van der Waals surface area contributed by atoms with Crippen LogP contribution in [-0.2, 0) is 4.74 Å². The number of rotatable bonds is 5. The van der Waals surface area contributed by atoms with Crippen molar-refractivity contribution in [3.63, 3.8) is 0 Å². The molecule has 6 nitrogen and oxygen atoms in total. The molecule has 152 valence electrons. The quantitative estimate of drug-likeness (QED) is 0.313. The molecule has 3 heterocycles. The second-order valence-electron chi connectivity index (χ2n) is 7.23. The predicted octanol–water partition coefficient (Wildman–Crippen LogP) is 5.32. The van der Waals surface area contributed by atoms with Gasteiger partial charge in [0.2, 0.25) is 5.78 Å². The summed E-state index contributed by atoms with van der Waals surface area (Å²) in [5.41, 5.74) is 2.86. The first-order valence-corrected chi connectivity index (χ1v) is 9.83. The number of nitrogens with zero attached hydrogens (tertiary/aromatic N) is 1. The number of esters is 1. The Morgan fingerprint density at radius 2 is 1.74 bits per heavy atom. The Hall–Kier alpha value is -4.19. The van der Waals surface area contributed by atoms with E-state index in [-0.39, 0.29) is 12.4 Å². The van der Waals surface area contributed by atoms with Crippen LogP contribution in [0.5, 0.6) is 0 Å². The van der Waals surface area contributed by atoms with E-state index >= 15 is 0 Å². The largest absolute Gasteiger partial charge is 0.460 e. The van der Waals surface area contributed by atoms with Gasteiger partial charge in [-0.1, -0.05) is 36.4 Å². The average Bonchev–Trinajstić information content (AvgIpc) is 3.43. The van der Waals surface area contributed by atoms with Crippen LogP contribution >= 0.6 is 0 Å². The molecule has 0 aliphatic rings. The summed E-state index contributed by atoms with van der Waals surface area (Å²) in [4.78, 5) is 33.3. The molecule has 0 amide bonds. The summed E-state index contributed by atoms with van der Waals surface area (Å²) in [5.74, 6) is 0.452. The predicted molar refractivity (Wildman–Crippen MR) is 117 cm³/mol.